The van der Waals surface area contributed by atoms with Gasteiger partial charge in [-0.15, -0.1) is 0 Å². The van der Waals surface area contributed by atoms with Crippen LogP contribution in [0.3, 0.4) is 0 Å². The first-order valence-electron chi connectivity index (χ1n) is 10.2. The maximum atomic E-state index is 6.09. The third-order valence-electron chi connectivity index (χ3n) is 6.16. The molecule has 4 heteroatoms. The molecule has 0 aromatic carbocycles. The Morgan fingerprint density at radius 2 is 1.36 bits per heavy atom. The van der Waals surface area contributed by atoms with Crippen molar-refractivity contribution in [2.45, 2.75) is 118 Å². The van der Waals surface area contributed by atoms with E-state index in [0.717, 1.165) is 32.1 Å². The monoisotopic (exact) mass is 358 g/mol. The predicted octanol–water partition coefficient (Wildman–Crippen LogP) is 6.44. The van der Waals surface area contributed by atoms with Crippen LogP contribution in [0.4, 0.5) is 0 Å². The highest BCUT2D eigenvalue weighted by Gasteiger charge is 2.48. The van der Waals surface area contributed by atoms with Gasteiger partial charge in [0, 0.05) is 12.3 Å². The molecule has 150 valence electrons. The van der Waals surface area contributed by atoms with Gasteiger partial charge in [-0.3, -0.25) is 0 Å². The number of hydrogen-bond acceptors (Lipinski definition) is 4. The second-order valence-corrected chi connectivity index (χ2v) is 9.39. The molecular formula is C21H42O4. The first-order chi connectivity index (χ1) is 11.5. The van der Waals surface area contributed by atoms with Crippen LogP contribution in [0.5, 0.6) is 0 Å². The van der Waals surface area contributed by atoms with Gasteiger partial charge in [0.25, 0.3) is 0 Å². The fourth-order valence-corrected chi connectivity index (χ4v) is 2.68. The molecule has 0 N–H and O–H groups in total. The van der Waals surface area contributed by atoms with Crippen molar-refractivity contribution in [3.05, 3.63) is 0 Å². The van der Waals surface area contributed by atoms with Gasteiger partial charge in [0.1, 0.15) is 11.2 Å². The van der Waals surface area contributed by atoms with Crippen molar-refractivity contribution < 1.29 is 19.6 Å². The van der Waals surface area contributed by atoms with E-state index >= 15 is 0 Å². The summed E-state index contributed by atoms with van der Waals surface area (Å²) in [4.78, 5) is 24.0. The Hall–Kier alpha value is -0.160. The van der Waals surface area contributed by atoms with Crippen molar-refractivity contribution in [3.8, 4) is 0 Å². The van der Waals surface area contributed by atoms with Gasteiger partial charge in [-0.05, 0) is 58.8 Å². The van der Waals surface area contributed by atoms with Gasteiger partial charge in [-0.1, -0.05) is 47.5 Å². The van der Waals surface area contributed by atoms with Crippen molar-refractivity contribution in [2.24, 2.45) is 17.8 Å². The summed E-state index contributed by atoms with van der Waals surface area (Å²) >= 11 is 0. The zero-order valence-electron chi connectivity index (χ0n) is 18.1. The first-order valence-corrected chi connectivity index (χ1v) is 10.2. The molecular weight excluding hydrogens is 316 g/mol. The van der Waals surface area contributed by atoms with E-state index in [1.165, 1.54) is 6.42 Å². The van der Waals surface area contributed by atoms with Gasteiger partial charge in [0.2, 0.25) is 5.79 Å². The molecule has 1 saturated carbocycles. The van der Waals surface area contributed by atoms with E-state index in [1.807, 2.05) is 0 Å². The van der Waals surface area contributed by atoms with Crippen LogP contribution in [-0.2, 0) is 19.6 Å². The van der Waals surface area contributed by atoms with Crippen LogP contribution in [0.1, 0.15) is 101 Å². The summed E-state index contributed by atoms with van der Waals surface area (Å²) in [6.07, 6.45) is 6.32. The fourth-order valence-electron chi connectivity index (χ4n) is 2.68. The predicted molar refractivity (Wildman–Crippen MR) is 102 cm³/mol. The van der Waals surface area contributed by atoms with E-state index in [9.17, 15) is 0 Å². The largest absolute Gasteiger partial charge is 0.236 e. The fraction of sp³-hybridized carbons (Fsp3) is 1.00. The third kappa shape index (κ3) is 6.20. The van der Waals surface area contributed by atoms with Crippen LogP contribution in [-0.4, -0.2) is 17.0 Å². The molecule has 0 aliphatic heterocycles. The van der Waals surface area contributed by atoms with Crippen LogP contribution in [0.15, 0.2) is 0 Å². The van der Waals surface area contributed by atoms with Gasteiger partial charge >= 0.3 is 0 Å². The molecule has 0 spiro atoms. The maximum Gasteiger partial charge on any atom is 0.236 e. The molecule has 4 nitrogen and oxygen atoms in total. The second kappa shape index (κ2) is 9.16. The van der Waals surface area contributed by atoms with Crippen molar-refractivity contribution in [3.63, 3.8) is 0 Å². The lowest BCUT2D eigenvalue weighted by Crippen LogP contribution is -2.50. The molecule has 1 atom stereocenters. The van der Waals surface area contributed by atoms with E-state index in [2.05, 4.69) is 62.3 Å². The number of rotatable bonds is 10. The van der Waals surface area contributed by atoms with Crippen LogP contribution < -0.4 is 0 Å². The first kappa shape index (κ1) is 22.9. The molecule has 0 amide bonds. The van der Waals surface area contributed by atoms with Crippen molar-refractivity contribution >= 4 is 0 Å². The summed E-state index contributed by atoms with van der Waals surface area (Å²) < 4.78 is 0. The summed E-state index contributed by atoms with van der Waals surface area (Å²) in [5, 5.41) is 0. The van der Waals surface area contributed by atoms with E-state index in [1.54, 1.807) is 0 Å². The molecule has 0 aromatic heterocycles. The van der Waals surface area contributed by atoms with Gasteiger partial charge in [0.15, 0.2) is 0 Å². The van der Waals surface area contributed by atoms with E-state index in [-0.39, 0.29) is 17.1 Å². The number of hydrogen-bond donors (Lipinski definition) is 0. The third-order valence-corrected chi connectivity index (χ3v) is 6.16. The Balaban J connectivity index is 2.96. The Labute approximate surface area is 155 Å². The standard InChI is InChI=1S/C21H42O4/c1-10-13-18-14-11-12-15-21(18,24-22-19(6,7)16(2)3)25-23-20(8,9)17(4)5/h16-18H,10-15H2,1-9H3. The maximum absolute atomic E-state index is 6.09. The van der Waals surface area contributed by atoms with Crippen molar-refractivity contribution in [1.29, 1.82) is 0 Å². The lowest BCUT2D eigenvalue weighted by molar-refractivity contribution is -0.562. The van der Waals surface area contributed by atoms with E-state index in [0.29, 0.717) is 11.8 Å². The Morgan fingerprint density at radius 1 is 0.880 bits per heavy atom. The van der Waals surface area contributed by atoms with Gasteiger partial charge in [0.05, 0.1) is 0 Å². The SMILES string of the molecule is CCCC1CCCCC1(OOC(C)(C)C(C)C)OOC(C)(C)C(C)C. The molecule has 0 radical (unpaired) electrons. The van der Waals surface area contributed by atoms with Crippen LogP contribution in [0.2, 0.25) is 0 Å². The molecule has 0 aromatic rings. The lowest BCUT2D eigenvalue weighted by atomic mass is 9.81. The Bertz CT molecular complexity index is 361. The molecule has 0 heterocycles. The van der Waals surface area contributed by atoms with Crippen LogP contribution in [0, 0.1) is 17.8 Å². The van der Waals surface area contributed by atoms with E-state index < -0.39 is 5.79 Å². The zero-order valence-corrected chi connectivity index (χ0v) is 18.1. The minimum absolute atomic E-state index is 0.289. The quantitative estimate of drug-likeness (QED) is 0.256. The Morgan fingerprint density at radius 3 is 1.76 bits per heavy atom. The molecule has 1 rings (SSSR count). The molecule has 1 unspecified atom stereocenters. The Kier molecular flexibility index (Phi) is 8.39. The highest BCUT2D eigenvalue weighted by atomic mass is 17.3. The zero-order chi connectivity index (χ0) is 19.3. The minimum Gasteiger partial charge on any atom is -0.227 e. The molecule has 1 aliphatic rings. The van der Waals surface area contributed by atoms with Crippen LogP contribution >= 0.6 is 0 Å². The normalized spacial score (nSPS) is 22.0. The molecule has 1 aliphatic carbocycles. The summed E-state index contributed by atoms with van der Waals surface area (Å²) in [5.41, 5.74) is -0.754. The summed E-state index contributed by atoms with van der Waals surface area (Å²) in [5.74, 6) is 0.154. The topological polar surface area (TPSA) is 36.9 Å². The second-order valence-electron chi connectivity index (χ2n) is 9.39. The summed E-state index contributed by atoms with van der Waals surface area (Å²) in [7, 11) is 0. The molecule has 1 fully saturated rings. The highest BCUT2D eigenvalue weighted by Crippen LogP contribution is 2.43. The highest BCUT2D eigenvalue weighted by molar-refractivity contribution is 4.84. The van der Waals surface area contributed by atoms with Gasteiger partial charge in [-0.25, -0.2) is 9.78 Å². The van der Waals surface area contributed by atoms with E-state index in [4.69, 9.17) is 19.6 Å². The minimum atomic E-state index is -0.813. The molecule has 25 heavy (non-hydrogen) atoms. The molecule has 0 bridgehead atoms. The van der Waals surface area contributed by atoms with Gasteiger partial charge in [-0.2, -0.15) is 9.78 Å². The average Bonchev–Trinajstić information content (AvgIpc) is 2.53. The van der Waals surface area contributed by atoms with Gasteiger partial charge < -0.3 is 0 Å². The summed E-state index contributed by atoms with van der Waals surface area (Å²) in [6, 6.07) is 0. The van der Waals surface area contributed by atoms with Crippen molar-refractivity contribution in [1.82, 2.24) is 0 Å². The molecule has 0 saturated heterocycles. The summed E-state index contributed by atoms with van der Waals surface area (Å²) in [6.45, 7) is 19.0. The van der Waals surface area contributed by atoms with Crippen LogP contribution in [0.25, 0.3) is 0 Å². The smallest absolute Gasteiger partial charge is 0.227 e. The lowest BCUT2D eigenvalue weighted by Gasteiger charge is -2.44. The van der Waals surface area contributed by atoms with Crippen molar-refractivity contribution in [2.75, 3.05) is 0 Å². The average molecular weight is 359 g/mol.